The van der Waals surface area contributed by atoms with E-state index in [4.69, 9.17) is 9.31 Å². The molecule has 2 aromatic heterocycles. The summed E-state index contributed by atoms with van der Waals surface area (Å²) in [6, 6.07) is 5.84. The molecule has 160 valence electrons. The predicted molar refractivity (Wildman–Crippen MR) is 120 cm³/mol. The van der Waals surface area contributed by atoms with Gasteiger partial charge in [-0.05, 0) is 71.3 Å². The summed E-state index contributed by atoms with van der Waals surface area (Å²) in [6.07, 6.45) is 4.83. The molecule has 1 atom stereocenters. The molecule has 2 saturated heterocycles. The fraction of sp³-hybridized carbons (Fsp3) is 0.545. The zero-order chi connectivity index (χ0) is 21.7. The van der Waals surface area contributed by atoms with Crippen LogP contribution in [0.1, 0.15) is 45.6 Å². The summed E-state index contributed by atoms with van der Waals surface area (Å²) in [5, 5.41) is 3.18. The van der Waals surface area contributed by atoms with Crippen molar-refractivity contribution in [3.63, 3.8) is 0 Å². The number of anilines is 2. The van der Waals surface area contributed by atoms with Gasteiger partial charge in [0.05, 0.1) is 11.2 Å². The molecule has 0 radical (unpaired) electrons. The third kappa shape index (κ3) is 3.91. The molecular formula is C22H31BN4O3. The van der Waals surface area contributed by atoms with Crippen LogP contribution < -0.4 is 16.3 Å². The van der Waals surface area contributed by atoms with Crippen LogP contribution in [-0.4, -0.2) is 52.9 Å². The molecule has 0 aliphatic carbocycles. The van der Waals surface area contributed by atoms with Crippen LogP contribution in [0.3, 0.4) is 0 Å². The van der Waals surface area contributed by atoms with Crippen LogP contribution in [0.4, 0.5) is 11.5 Å². The number of pyridine rings is 2. The van der Waals surface area contributed by atoms with Crippen LogP contribution in [0.2, 0.25) is 0 Å². The van der Waals surface area contributed by atoms with E-state index >= 15 is 0 Å². The predicted octanol–water partition coefficient (Wildman–Crippen LogP) is 2.24. The second kappa shape index (κ2) is 7.52. The number of likely N-dealkylation sites (N-methyl/N-ethyl adjacent to an activating group) is 1. The zero-order valence-electron chi connectivity index (χ0n) is 18.7. The third-order valence-corrected chi connectivity index (χ3v) is 6.64. The van der Waals surface area contributed by atoms with Crippen LogP contribution in [-0.2, 0) is 16.4 Å². The Morgan fingerprint density at radius 1 is 1.17 bits per heavy atom. The number of aromatic nitrogens is 2. The Kier molecular flexibility index (Phi) is 5.28. The first-order valence-corrected chi connectivity index (χ1v) is 10.5. The highest BCUT2D eigenvalue weighted by atomic mass is 16.7. The van der Waals surface area contributed by atoms with Crippen molar-refractivity contribution in [1.82, 2.24) is 14.5 Å². The largest absolute Gasteiger partial charge is 0.496 e. The van der Waals surface area contributed by atoms with Gasteiger partial charge in [-0.1, -0.05) is 6.07 Å². The van der Waals surface area contributed by atoms with Gasteiger partial charge in [-0.15, -0.1) is 0 Å². The zero-order valence-corrected chi connectivity index (χ0v) is 18.7. The van der Waals surface area contributed by atoms with Gasteiger partial charge in [-0.2, -0.15) is 0 Å². The van der Waals surface area contributed by atoms with Gasteiger partial charge in [-0.3, -0.25) is 4.79 Å². The Balaban J connectivity index is 1.56. The van der Waals surface area contributed by atoms with Gasteiger partial charge in [-0.25, -0.2) is 4.98 Å². The monoisotopic (exact) mass is 410 g/mol. The minimum Gasteiger partial charge on any atom is -0.399 e. The number of rotatable bonds is 4. The van der Waals surface area contributed by atoms with Crippen LogP contribution in [0.25, 0.3) is 0 Å². The standard InChI is InChI=1S/C22H31BN4O3/c1-21(2)22(3,4)30-23(29-21)17-11-18(20(28)27(6)14-17)25-19-8-7-15(12-24-19)16-9-10-26(5)13-16/h7-8,11-12,14,16H,9-10,13H2,1-6H3,(H,24,25). The molecule has 7 nitrogen and oxygen atoms in total. The van der Waals surface area contributed by atoms with Crippen LogP contribution in [0, 0.1) is 0 Å². The summed E-state index contributed by atoms with van der Waals surface area (Å²) in [5.41, 5.74) is 1.48. The van der Waals surface area contributed by atoms with Crippen molar-refractivity contribution in [2.45, 2.75) is 51.2 Å². The van der Waals surface area contributed by atoms with Gasteiger partial charge in [0.25, 0.3) is 5.56 Å². The van der Waals surface area contributed by atoms with E-state index in [9.17, 15) is 4.79 Å². The van der Waals surface area contributed by atoms with Crippen molar-refractivity contribution in [3.8, 4) is 0 Å². The number of nitrogens with one attached hydrogen (secondary N) is 1. The van der Waals surface area contributed by atoms with Crippen molar-refractivity contribution < 1.29 is 9.31 Å². The molecule has 0 spiro atoms. The molecule has 1 unspecified atom stereocenters. The lowest BCUT2D eigenvalue weighted by molar-refractivity contribution is 0.00578. The maximum absolute atomic E-state index is 12.7. The number of hydrogen-bond donors (Lipinski definition) is 1. The summed E-state index contributed by atoms with van der Waals surface area (Å²) in [6.45, 7) is 10.2. The van der Waals surface area contributed by atoms with E-state index in [0.29, 0.717) is 17.4 Å². The average Bonchev–Trinajstić information content (AvgIpc) is 3.19. The lowest BCUT2D eigenvalue weighted by Crippen LogP contribution is -2.41. The Bertz CT molecular complexity index is 971. The summed E-state index contributed by atoms with van der Waals surface area (Å²) >= 11 is 0. The average molecular weight is 410 g/mol. The first kappa shape index (κ1) is 21.1. The highest BCUT2D eigenvalue weighted by molar-refractivity contribution is 6.62. The summed E-state index contributed by atoms with van der Waals surface area (Å²) < 4.78 is 13.8. The van der Waals surface area contributed by atoms with E-state index in [1.165, 1.54) is 5.56 Å². The van der Waals surface area contributed by atoms with Crippen molar-refractivity contribution >= 4 is 24.1 Å². The van der Waals surface area contributed by atoms with E-state index in [-0.39, 0.29) is 5.56 Å². The lowest BCUT2D eigenvalue weighted by atomic mass is 9.80. The fourth-order valence-corrected chi connectivity index (χ4v) is 4.00. The van der Waals surface area contributed by atoms with E-state index in [0.717, 1.165) is 25.0 Å². The Morgan fingerprint density at radius 2 is 1.87 bits per heavy atom. The SMILES string of the molecule is CN1CCC(c2ccc(Nc3cc(B4OC(C)(C)C(C)(C)O4)cn(C)c3=O)nc2)C1. The maximum Gasteiger partial charge on any atom is 0.496 e. The molecule has 2 aromatic rings. The highest BCUT2D eigenvalue weighted by Gasteiger charge is 2.52. The van der Waals surface area contributed by atoms with Crippen molar-refractivity contribution in [1.29, 1.82) is 0 Å². The number of nitrogens with zero attached hydrogens (tertiary/aromatic N) is 3. The molecule has 2 aliphatic rings. The summed E-state index contributed by atoms with van der Waals surface area (Å²) in [5.74, 6) is 1.17. The lowest BCUT2D eigenvalue weighted by Gasteiger charge is -2.32. The Hall–Kier alpha value is -2.16. The molecular weight excluding hydrogens is 379 g/mol. The van der Waals surface area contributed by atoms with Gasteiger partial charge in [0.2, 0.25) is 0 Å². The maximum atomic E-state index is 12.7. The molecule has 4 heterocycles. The molecule has 0 aromatic carbocycles. The molecule has 0 bridgehead atoms. The second-order valence-corrected chi connectivity index (χ2v) is 9.54. The Morgan fingerprint density at radius 3 is 2.43 bits per heavy atom. The first-order chi connectivity index (χ1) is 14.1. The molecule has 0 saturated carbocycles. The van der Waals surface area contributed by atoms with Gasteiger partial charge in [0, 0.05) is 31.4 Å². The molecule has 4 rings (SSSR count). The summed E-state index contributed by atoms with van der Waals surface area (Å²) in [7, 11) is 3.35. The second-order valence-electron chi connectivity index (χ2n) is 9.54. The molecule has 0 amide bonds. The summed E-state index contributed by atoms with van der Waals surface area (Å²) in [4.78, 5) is 19.6. The number of aryl methyl sites for hydroxylation is 1. The Labute approximate surface area is 178 Å². The third-order valence-electron chi connectivity index (χ3n) is 6.64. The van der Waals surface area contributed by atoms with E-state index in [1.807, 2.05) is 40.0 Å². The quantitative estimate of drug-likeness (QED) is 0.780. The normalized spacial score (nSPS) is 23.1. The van der Waals surface area contributed by atoms with Gasteiger partial charge in [0.15, 0.2) is 0 Å². The van der Waals surface area contributed by atoms with E-state index in [2.05, 4.69) is 28.3 Å². The van der Waals surface area contributed by atoms with Crippen molar-refractivity contribution in [2.24, 2.45) is 7.05 Å². The van der Waals surface area contributed by atoms with Crippen LogP contribution in [0.5, 0.6) is 0 Å². The van der Waals surface area contributed by atoms with Crippen LogP contribution >= 0.6 is 0 Å². The fourth-order valence-electron chi connectivity index (χ4n) is 4.00. The molecule has 30 heavy (non-hydrogen) atoms. The van der Waals surface area contributed by atoms with E-state index in [1.54, 1.807) is 23.9 Å². The minimum absolute atomic E-state index is 0.126. The molecule has 1 N–H and O–H groups in total. The molecule has 2 fully saturated rings. The van der Waals surface area contributed by atoms with Gasteiger partial charge >= 0.3 is 7.12 Å². The van der Waals surface area contributed by atoms with Crippen molar-refractivity contribution in [2.75, 3.05) is 25.5 Å². The molecule has 8 heteroatoms. The topological polar surface area (TPSA) is 68.6 Å². The van der Waals surface area contributed by atoms with Gasteiger partial charge < -0.3 is 24.1 Å². The smallest absolute Gasteiger partial charge is 0.399 e. The first-order valence-electron chi connectivity index (χ1n) is 10.5. The van der Waals surface area contributed by atoms with E-state index < -0.39 is 18.3 Å². The highest BCUT2D eigenvalue weighted by Crippen LogP contribution is 2.36. The number of likely N-dealkylation sites (tertiary alicyclic amines) is 1. The molecule has 2 aliphatic heterocycles. The van der Waals surface area contributed by atoms with Gasteiger partial charge in [0.1, 0.15) is 11.5 Å². The van der Waals surface area contributed by atoms with Crippen molar-refractivity contribution in [3.05, 3.63) is 46.5 Å². The van der Waals surface area contributed by atoms with Crippen LogP contribution in [0.15, 0.2) is 35.4 Å². The number of hydrogen-bond acceptors (Lipinski definition) is 6. The minimum atomic E-state index is -0.531.